The van der Waals surface area contributed by atoms with Gasteiger partial charge in [0.1, 0.15) is 0 Å². The van der Waals surface area contributed by atoms with Crippen LogP contribution < -0.4 is 5.32 Å². The predicted octanol–water partition coefficient (Wildman–Crippen LogP) is 3.09. The second-order valence-corrected chi connectivity index (χ2v) is 6.96. The molecule has 3 rings (SSSR count). The zero-order valence-corrected chi connectivity index (χ0v) is 15.5. The van der Waals surface area contributed by atoms with Crippen LogP contribution in [0.15, 0.2) is 54.6 Å². The molecular weight excluding hydrogens is 358 g/mol. The summed E-state index contributed by atoms with van der Waals surface area (Å²) in [4.78, 5) is 37.1. The molecule has 1 fully saturated rings. The molecule has 2 aromatic carbocycles. The molecule has 28 heavy (non-hydrogen) atoms. The molecule has 0 aliphatic heterocycles. The first-order valence-corrected chi connectivity index (χ1v) is 9.38. The van der Waals surface area contributed by atoms with Crippen LogP contribution in [0.25, 0.3) is 0 Å². The number of carbonyl (C=O) groups is 3. The number of benzene rings is 2. The number of carbonyl (C=O) groups excluding carboxylic acids is 3. The summed E-state index contributed by atoms with van der Waals surface area (Å²) in [7, 11) is 0. The van der Waals surface area contributed by atoms with Crippen LogP contribution in [0.1, 0.15) is 48.0 Å². The largest absolute Gasteiger partial charge is 0.453 e. The Hall–Kier alpha value is -2.99. The molecule has 1 saturated carbocycles. The van der Waals surface area contributed by atoms with E-state index in [-0.39, 0.29) is 5.78 Å². The maximum Gasteiger partial charge on any atom is 0.338 e. The van der Waals surface area contributed by atoms with Gasteiger partial charge in [0, 0.05) is 11.1 Å². The lowest BCUT2D eigenvalue weighted by molar-refractivity contribution is -0.170. The van der Waals surface area contributed by atoms with Crippen molar-refractivity contribution >= 4 is 23.3 Å². The van der Waals surface area contributed by atoms with Gasteiger partial charge in [0.2, 0.25) is 0 Å². The van der Waals surface area contributed by atoms with Gasteiger partial charge in [0.15, 0.2) is 18.0 Å². The van der Waals surface area contributed by atoms with Crippen LogP contribution in [0, 0.1) is 0 Å². The fraction of sp³-hybridized carbons (Fsp3) is 0.318. The van der Waals surface area contributed by atoms with Gasteiger partial charge in [-0.2, -0.15) is 0 Å². The average molecular weight is 381 g/mol. The highest BCUT2D eigenvalue weighted by Crippen LogP contribution is 2.29. The lowest BCUT2D eigenvalue weighted by Gasteiger charge is -2.29. The predicted molar refractivity (Wildman–Crippen MR) is 104 cm³/mol. The van der Waals surface area contributed by atoms with Gasteiger partial charge >= 0.3 is 5.97 Å². The summed E-state index contributed by atoms with van der Waals surface area (Å²) in [5.41, 5.74) is -0.303. The van der Waals surface area contributed by atoms with Gasteiger partial charge in [-0.1, -0.05) is 48.9 Å². The Kier molecular flexibility index (Phi) is 6.21. The van der Waals surface area contributed by atoms with Crippen LogP contribution in [0.3, 0.4) is 0 Å². The zero-order chi connectivity index (χ0) is 20.0. The number of rotatable bonds is 6. The number of aliphatic hydroxyl groups is 1. The summed E-state index contributed by atoms with van der Waals surface area (Å²) in [6, 6.07) is 15.4. The van der Waals surface area contributed by atoms with E-state index in [1.807, 2.05) is 6.07 Å². The smallest absolute Gasteiger partial charge is 0.338 e. The number of anilines is 1. The van der Waals surface area contributed by atoms with E-state index in [1.165, 1.54) is 0 Å². The van der Waals surface area contributed by atoms with E-state index in [9.17, 15) is 19.5 Å². The molecule has 146 valence electrons. The van der Waals surface area contributed by atoms with Crippen molar-refractivity contribution in [1.82, 2.24) is 0 Å². The maximum atomic E-state index is 12.7. The van der Waals surface area contributed by atoms with Gasteiger partial charge in [0.25, 0.3) is 5.91 Å². The molecule has 2 N–H and O–H groups in total. The van der Waals surface area contributed by atoms with E-state index in [4.69, 9.17) is 4.74 Å². The third-order valence-corrected chi connectivity index (χ3v) is 4.88. The molecule has 1 aliphatic carbocycles. The third-order valence-electron chi connectivity index (χ3n) is 4.88. The molecule has 0 unspecified atom stereocenters. The SMILES string of the molecule is O=C(COC(=O)C1(O)CCCCC1)Nc1ccccc1C(=O)c1ccccc1. The Morgan fingerprint density at radius 1 is 0.929 bits per heavy atom. The molecule has 6 nitrogen and oxygen atoms in total. The first-order valence-electron chi connectivity index (χ1n) is 9.38. The Balaban J connectivity index is 1.63. The minimum absolute atomic E-state index is 0.218. The summed E-state index contributed by atoms with van der Waals surface area (Å²) in [6.07, 6.45) is 3.19. The number of hydrogen-bond acceptors (Lipinski definition) is 5. The maximum absolute atomic E-state index is 12.7. The normalized spacial score (nSPS) is 15.5. The quantitative estimate of drug-likeness (QED) is 0.592. The van der Waals surface area contributed by atoms with Crippen molar-refractivity contribution in [3.8, 4) is 0 Å². The Morgan fingerprint density at radius 2 is 1.57 bits per heavy atom. The minimum Gasteiger partial charge on any atom is -0.453 e. The zero-order valence-electron chi connectivity index (χ0n) is 15.5. The van der Waals surface area contributed by atoms with Gasteiger partial charge in [-0.05, 0) is 37.8 Å². The first-order chi connectivity index (χ1) is 13.5. The second-order valence-electron chi connectivity index (χ2n) is 6.96. The van der Waals surface area contributed by atoms with Gasteiger partial charge in [-0.25, -0.2) is 4.79 Å². The number of ether oxygens (including phenoxy) is 1. The molecule has 1 amide bonds. The lowest BCUT2D eigenvalue weighted by atomic mass is 9.85. The number of ketones is 1. The molecule has 0 bridgehead atoms. The number of esters is 1. The highest BCUT2D eigenvalue weighted by Gasteiger charge is 2.38. The van der Waals surface area contributed by atoms with Crippen molar-refractivity contribution in [2.45, 2.75) is 37.7 Å². The van der Waals surface area contributed by atoms with Crippen LogP contribution >= 0.6 is 0 Å². The molecule has 0 heterocycles. The van der Waals surface area contributed by atoms with Crippen LogP contribution in [-0.2, 0) is 14.3 Å². The molecule has 0 radical (unpaired) electrons. The Bertz CT molecular complexity index is 856. The van der Waals surface area contributed by atoms with E-state index in [0.717, 1.165) is 19.3 Å². The minimum atomic E-state index is -1.50. The van der Waals surface area contributed by atoms with Gasteiger partial charge in [-0.15, -0.1) is 0 Å². The highest BCUT2D eigenvalue weighted by atomic mass is 16.6. The fourth-order valence-electron chi connectivity index (χ4n) is 3.33. The Morgan fingerprint density at radius 3 is 2.29 bits per heavy atom. The number of hydrogen-bond donors (Lipinski definition) is 2. The van der Waals surface area contributed by atoms with Crippen LogP contribution in [-0.4, -0.2) is 35.0 Å². The Labute approximate surface area is 163 Å². The summed E-state index contributed by atoms with van der Waals surface area (Å²) >= 11 is 0. The fourth-order valence-corrected chi connectivity index (χ4v) is 3.33. The number of para-hydroxylation sites is 1. The topological polar surface area (TPSA) is 92.7 Å². The summed E-state index contributed by atoms with van der Waals surface area (Å²) in [5, 5.41) is 12.9. The second kappa shape index (κ2) is 8.80. The van der Waals surface area contributed by atoms with Gasteiger partial charge in [-0.3, -0.25) is 9.59 Å². The van der Waals surface area contributed by atoms with Crippen molar-refractivity contribution in [3.63, 3.8) is 0 Å². The van der Waals surface area contributed by atoms with Crippen molar-refractivity contribution in [2.75, 3.05) is 11.9 Å². The molecule has 6 heteroatoms. The molecule has 1 aliphatic rings. The van der Waals surface area contributed by atoms with Crippen molar-refractivity contribution in [3.05, 3.63) is 65.7 Å². The number of nitrogens with one attached hydrogen (secondary N) is 1. The monoisotopic (exact) mass is 381 g/mol. The van der Waals surface area contributed by atoms with E-state index >= 15 is 0 Å². The van der Waals surface area contributed by atoms with E-state index in [2.05, 4.69) is 5.32 Å². The van der Waals surface area contributed by atoms with Crippen molar-refractivity contribution < 1.29 is 24.2 Å². The molecule has 0 saturated heterocycles. The first kappa shape index (κ1) is 19.8. The van der Waals surface area contributed by atoms with Crippen molar-refractivity contribution in [1.29, 1.82) is 0 Å². The molecule has 0 spiro atoms. The van der Waals surface area contributed by atoms with Crippen LogP contribution in [0.5, 0.6) is 0 Å². The highest BCUT2D eigenvalue weighted by molar-refractivity contribution is 6.13. The average Bonchev–Trinajstić information content (AvgIpc) is 2.73. The molecule has 0 atom stereocenters. The summed E-state index contributed by atoms with van der Waals surface area (Å²) in [5.74, 6) is -1.55. The van der Waals surface area contributed by atoms with E-state index in [0.29, 0.717) is 29.7 Å². The molecular formula is C22H23NO5. The van der Waals surface area contributed by atoms with Gasteiger partial charge < -0.3 is 15.2 Å². The molecule has 2 aromatic rings. The number of amides is 1. The van der Waals surface area contributed by atoms with Crippen LogP contribution in [0.4, 0.5) is 5.69 Å². The van der Waals surface area contributed by atoms with Crippen molar-refractivity contribution in [2.24, 2.45) is 0 Å². The summed E-state index contributed by atoms with van der Waals surface area (Å²) in [6.45, 7) is -0.519. The van der Waals surface area contributed by atoms with Gasteiger partial charge in [0.05, 0.1) is 5.69 Å². The van der Waals surface area contributed by atoms with Crippen LogP contribution in [0.2, 0.25) is 0 Å². The lowest BCUT2D eigenvalue weighted by Crippen LogP contribution is -2.42. The van der Waals surface area contributed by atoms with E-state index in [1.54, 1.807) is 48.5 Å². The van der Waals surface area contributed by atoms with E-state index < -0.39 is 24.1 Å². The standard InChI is InChI=1S/C22H23NO5/c24-19(15-28-21(26)22(27)13-7-2-8-14-22)23-18-12-6-5-11-17(18)20(25)16-9-3-1-4-10-16/h1,3-6,9-12,27H,2,7-8,13-15H2,(H,23,24). The summed E-state index contributed by atoms with van der Waals surface area (Å²) < 4.78 is 5.02. The molecule has 0 aromatic heterocycles. The third kappa shape index (κ3) is 4.64.